The van der Waals surface area contributed by atoms with Gasteiger partial charge in [-0.25, -0.2) is 14.6 Å². The molecule has 0 spiro atoms. The van der Waals surface area contributed by atoms with Crippen molar-refractivity contribution in [2.24, 2.45) is 0 Å². The number of para-hydroxylation sites is 1. The maximum absolute atomic E-state index is 12.7. The molecule has 0 saturated heterocycles. The van der Waals surface area contributed by atoms with Crippen LogP contribution in [0, 0.1) is 0 Å². The molecule has 0 aliphatic rings. The number of rotatable bonds is 5. The highest BCUT2D eigenvalue weighted by Crippen LogP contribution is 2.26. The molecule has 0 bridgehead atoms. The number of alkyl carbamates (subject to hydrolysis) is 1. The second-order valence-electron chi connectivity index (χ2n) is 5.92. The van der Waals surface area contributed by atoms with Gasteiger partial charge in [-0.3, -0.25) is 10.1 Å². The summed E-state index contributed by atoms with van der Waals surface area (Å²) in [6.45, 7) is 1.13. The third kappa shape index (κ3) is 5.17. The number of aromatic nitrogens is 1. The van der Waals surface area contributed by atoms with Crippen molar-refractivity contribution in [3.63, 3.8) is 0 Å². The summed E-state index contributed by atoms with van der Waals surface area (Å²) in [5.74, 6) is -1.47. The van der Waals surface area contributed by atoms with Gasteiger partial charge >= 0.3 is 12.1 Å². The molecule has 0 aliphatic carbocycles. The highest BCUT2D eigenvalue weighted by atomic mass is 79.9. The molecule has 8 heteroatoms. The molecule has 3 aromatic rings. The standard InChI is InChI=1S/C21H17BrN2O5/c1-2-28-21(27)24-19(25)12-29-20(26)16-11-18(13-7-9-14(22)10-8-13)23-17-6-4-3-5-15(16)17/h3-11H,2,12H2,1H3,(H,24,25,27). The fourth-order valence-electron chi connectivity index (χ4n) is 2.64. The molecule has 2 aromatic carbocycles. The number of halogens is 1. The van der Waals surface area contributed by atoms with Crippen molar-refractivity contribution in [1.29, 1.82) is 0 Å². The van der Waals surface area contributed by atoms with Gasteiger partial charge in [-0.2, -0.15) is 0 Å². The summed E-state index contributed by atoms with van der Waals surface area (Å²) in [6.07, 6.45) is -0.888. The molecule has 0 fully saturated rings. The molecular formula is C21H17BrN2O5. The quantitative estimate of drug-likeness (QED) is 0.580. The molecule has 3 rings (SSSR count). The maximum atomic E-state index is 12.7. The average Bonchev–Trinajstić information content (AvgIpc) is 2.72. The fourth-order valence-corrected chi connectivity index (χ4v) is 2.90. The molecule has 148 valence electrons. The topological polar surface area (TPSA) is 94.6 Å². The van der Waals surface area contributed by atoms with Gasteiger partial charge in [-0.1, -0.05) is 46.3 Å². The first-order chi connectivity index (χ1) is 14.0. The Kier molecular flexibility index (Phi) is 6.56. The predicted octanol–water partition coefficient (Wildman–Crippen LogP) is 4.09. The van der Waals surface area contributed by atoms with Crippen molar-refractivity contribution >= 4 is 44.8 Å². The first-order valence-corrected chi connectivity index (χ1v) is 9.56. The van der Waals surface area contributed by atoms with Gasteiger partial charge in [0.2, 0.25) is 0 Å². The summed E-state index contributed by atoms with van der Waals surface area (Å²) in [6, 6.07) is 16.3. The normalized spacial score (nSPS) is 10.4. The van der Waals surface area contributed by atoms with Crippen molar-refractivity contribution in [2.75, 3.05) is 13.2 Å². The second kappa shape index (κ2) is 9.29. The summed E-state index contributed by atoms with van der Waals surface area (Å²) in [4.78, 5) is 40.3. The van der Waals surface area contributed by atoms with Gasteiger partial charge in [0.25, 0.3) is 5.91 Å². The van der Waals surface area contributed by atoms with Crippen LogP contribution in [0.5, 0.6) is 0 Å². The summed E-state index contributed by atoms with van der Waals surface area (Å²) >= 11 is 3.39. The largest absolute Gasteiger partial charge is 0.452 e. The second-order valence-corrected chi connectivity index (χ2v) is 6.84. The summed E-state index contributed by atoms with van der Waals surface area (Å²) in [7, 11) is 0. The smallest absolute Gasteiger partial charge is 0.413 e. The highest BCUT2D eigenvalue weighted by Gasteiger charge is 2.17. The summed E-state index contributed by atoms with van der Waals surface area (Å²) in [5.41, 5.74) is 2.32. The van der Waals surface area contributed by atoms with Crippen LogP contribution < -0.4 is 5.32 Å². The third-order valence-corrected chi connectivity index (χ3v) is 4.46. The monoisotopic (exact) mass is 456 g/mol. The fraction of sp³-hybridized carbons (Fsp3) is 0.143. The van der Waals surface area contributed by atoms with E-state index in [4.69, 9.17) is 4.74 Å². The number of carbonyl (C=O) groups excluding carboxylic acids is 3. The van der Waals surface area contributed by atoms with Crippen molar-refractivity contribution in [3.8, 4) is 11.3 Å². The van der Waals surface area contributed by atoms with Crippen LogP contribution in [0.15, 0.2) is 59.1 Å². The number of ether oxygens (including phenoxy) is 2. The van der Waals surface area contributed by atoms with E-state index in [0.29, 0.717) is 16.6 Å². The number of pyridine rings is 1. The van der Waals surface area contributed by atoms with Crippen LogP contribution in [0.25, 0.3) is 22.2 Å². The van der Waals surface area contributed by atoms with E-state index in [2.05, 4.69) is 25.7 Å². The van der Waals surface area contributed by atoms with Crippen LogP contribution in [0.2, 0.25) is 0 Å². The van der Waals surface area contributed by atoms with Crippen LogP contribution in [-0.4, -0.2) is 36.2 Å². The van der Waals surface area contributed by atoms with E-state index < -0.39 is 24.6 Å². The van der Waals surface area contributed by atoms with E-state index >= 15 is 0 Å². The van der Waals surface area contributed by atoms with Gasteiger partial charge in [-0.05, 0) is 31.2 Å². The molecular weight excluding hydrogens is 440 g/mol. The van der Waals surface area contributed by atoms with Gasteiger partial charge in [0, 0.05) is 15.4 Å². The van der Waals surface area contributed by atoms with E-state index in [1.165, 1.54) is 0 Å². The van der Waals surface area contributed by atoms with Gasteiger partial charge in [0.05, 0.1) is 23.4 Å². The number of esters is 1. The number of carbonyl (C=O) groups is 3. The van der Waals surface area contributed by atoms with Crippen molar-refractivity contribution in [3.05, 3.63) is 64.6 Å². The Morgan fingerprint density at radius 3 is 2.48 bits per heavy atom. The van der Waals surface area contributed by atoms with Crippen molar-refractivity contribution < 1.29 is 23.9 Å². The molecule has 2 amide bonds. The Balaban J connectivity index is 1.85. The van der Waals surface area contributed by atoms with Crippen LogP contribution in [0.1, 0.15) is 17.3 Å². The van der Waals surface area contributed by atoms with Gasteiger partial charge in [0.15, 0.2) is 6.61 Å². The van der Waals surface area contributed by atoms with Crippen LogP contribution in [-0.2, 0) is 14.3 Å². The van der Waals surface area contributed by atoms with Crippen LogP contribution in [0.3, 0.4) is 0 Å². The first-order valence-electron chi connectivity index (χ1n) is 8.77. The Bertz CT molecular complexity index is 1070. The SMILES string of the molecule is CCOC(=O)NC(=O)COC(=O)c1cc(-c2ccc(Br)cc2)nc2ccccc12. The van der Waals surface area contributed by atoms with E-state index in [9.17, 15) is 14.4 Å². The summed E-state index contributed by atoms with van der Waals surface area (Å²) < 4.78 is 10.6. The van der Waals surface area contributed by atoms with Crippen molar-refractivity contribution in [1.82, 2.24) is 10.3 Å². The Morgan fingerprint density at radius 2 is 1.76 bits per heavy atom. The van der Waals surface area contributed by atoms with Gasteiger partial charge in [0.1, 0.15) is 0 Å². The molecule has 0 unspecified atom stereocenters. The predicted molar refractivity (Wildman–Crippen MR) is 110 cm³/mol. The van der Waals surface area contributed by atoms with E-state index in [1.807, 2.05) is 35.6 Å². The van der Waals surface area contributed by atoms with Crippen LogP contribution >= 0.6 is 15.9 Å². The molecule has 0 aliphatic heterocycles. The van der Waals surface area contributed by atoms with Crippen LogP contribution in [0.4, 0.5) is 4.79 Å². The van der Waals surface area contributed by atoms with Gasteiger partial charge < -0.3 is 9.47 Å². The average molecular weight is 457 g/mol. The number of amides is 2. The number of benzene rings is 2. The molecule has 1 aromatic heterocycles. The molecule has 1 heterocycles. The lowest BCUT2D eigenvalue weighted by atomic mass is 10.0. The zero-order valence-electron chi connectivity index (χ0n) is 15.5. The molecule has 1 N–H and O–H groups in total. The van der Waals surface area contributed by atoms with E-state index in [-0.39, 0.29) is 12.2 Å². The van der Waals surface area contributed by atoms with E-state index in [1.54, 1.807) is 31.2 Å². The highest BCUT2D eigenvalue weighted by molar-refractivity contribution is 9.10. The molecule has 7 nitrogen and oxygen atoms in total. The Hall–Kier alpha value is -3.26. The lowest BCUT2D eigenvalue weighted by Crippen LogP contribution is -2.34. The Labute approximate surface area is 175 Å². The number of hydrogen-bond acceptors (Lipinski definition) is 6. The zero-order valence-corrected chi connectivity index (χ0v) is 17.1. The third-order valence-electron chi connectivity index (χ3n) is 3.93. The lowest BCUT2D eigenvalue weighted by molar-refractivity contribution is -0.123. The molecule has 0 radical (unpaired) electrons. The first kappa shape index (κ1) is 20.5. The number of fused-ring (bicyclic) bond motifs is 1. The number of nitrogens with one attached hydrogen (secondary N) is 1. The number of imide groups is 1. The molecule has 0 saturated carbocycles. The minimum absolute atomic E-state index is 0.126. The summed E-state index contributed by atoms with van der Waals surface area (Å²) in [5, 5.41) is 2.57. The minimum Gasteiger partial charge on any atom is -0.452 e. The molecule has 0 atom stereocenters. The lowest BCUT2D eigenvalue weighted by Gasteiger charge is -2.10. The number of hydrogen-bond donors (Lipinski definition) is 1. The Morgan fingerprint density at radius 1 is 1.03 bits per heavy atom. The van der Waals surface area contributed by atoms with Gasteiger partial charge in [-0.15, -0.1) is 0 Å². The molecule has 29 heavy (non-hydrogen) atoms. The zero-order chi connectivity index (χ0) is 20.8. The minimum atomic E-state index is -0.888. The van der Waals surface area contributed by atoms with E-state index in [0.717, 1.165) is 10.0 Å². The van der Waals surface area contributed by atoms with Crippen molar-refractivity contribution in [2.45, 2.75) is 6.92 Å². The number of nitrogens with zero attached hydrogens (tertiary/aromatic N) is 1. The maximum Gasteiger partial charge on any atom is 0.413 e.